The van der Waals surface area contributed by atoms with E-state index in [2.05, 4.69) is 0 Å². The minimum absolute atomic E-state index is 0.531. The van der Waals surface area contributed by atoms with Crippen LogP contribution in [-0.4, -0.2) is 59.0 Å². The fraction of sp³-hybridized carbons (Fsp3) is 0.923. The normalized spacial score (nSPS) is 15.3. The predicted molar refractivity (Wildman–Crippen MR) is 72.0 cm³/mol. The van der Waals surface area contributed by atoms with Crippen molar-refractivity contribution in [2.45, 2.75) is 68.0 Å². The first kappa shape index (κ1) is 28.5. The molecular formula is C13H15F13N2O2. The highest BCUT2D eigenvalue weighted by Crippen LogP contribution is 2.60. The lowest BCUT2D eigenvalue weighted by molar-refractivity contribution is -0.440. The van der Waals surface area contributed by atoms with Crippen molar-refractivity contribution in [2.24, 2.45) is 0 Å². The van der Waals surface area contributed by atoms with Gasteiger partial charge in [-0.2, -0.15) is 62.6 Å². The van der Waals surface area contributed by atoms with Gasteiger partial charge in [-0.05, 0) is 13.8 Å². The molecule has 1 amide bonds. The lowest BCUT2D eigenvalue weighted by atomic mass is 9.92. The summed E-state index contributed by atoms with van der Waals surface area (Å²) in [6.07, 6.45) is -11.8. The van der Waals surface area contributed by atoms with Crippen molar-refractivity contribution < 1.29 is 67.1 Å². The van der Waals surface area contributed by atoms with Crippen LogP contribution < -0.4 is 10.8 Å². The summed E-state index contributed by atoms with van der Waals surface area (Å²) in [5.41, 5.74) is 0.350. The van der Waals surface area contributed by atoms with E-state index < -0.39 is 66.6 Å². The topological polar surface area (TPSA) is 61.4 Å². The third-order valence-corrected chi connectivity index (χ3v) is 3.69. The number of hydrogen-bond donors (Lipinski definition) is 3. The molecule has 0 aromatic carbocycles. The molecule has 0 saturated heterocycles. The van der Waals surface area contributed by atoms with Crippen molar-refractivity contribution in [3.63, 3.8) is 0 Å². The molecular weight excluding hydrogens is 463 g/mol. The van der Waals surface area contributed by atoms with E-state index in [-0.39, 0.29) is 0 Å². The molecule has 3 N–H and O–H groups in total. The predicted octanol–water partition coefficient (Wildman–Crippen LogP) is 4.38. The van der Waals surface area contributed by atoms with Crippen molar-refractivity contribution in [1.29, 1.82) is 0 Å². The lowest BCUT2D eigenvalue weighted by Gasteiger charge is -2.39. The molecule has 0 unspecified atom stereocenters. The third-order valence-electron chi connectivity index (χ3n) is 3.69. The van der Waals surface area contributed by atoms with E-state index in [0.29, 0.717) is 0 Å². The summed E-state index contributed by atoms with van der Waals surface area (Å²) in [6.45, 7) is 1.94. The Hall–Kier alpha value is -1.52. The molecule has 0 rings (SSSR count). The molecule has 0 radical (unpaired) electrons. The molecule has 30 heavy (non-hydrogen) atoms. The molecule has 0 spiro atoms. The van der Waals surface area contributed by atoms with Crippen molar-refractivity contribution in [1.82, 2.24) is 10.8 Å². The highest BCUT2D eigenvalue weighted by Gasteiger charge is 2.90. The van der Waals surface area contributed by atoms with Crippen LogP contribution in [-0.2, 0) is 4.79 Å². The van der Waals surface area contributed by atoms with Crippen LogP contribution in [0.2, 0.25) is 0 Å². The minimum Gasteiger partial charge on any atom is -0.354 e. The van der Waals surface area contributed by atoms with Crippen LogP contribution in [0.1, 0.15) is 26.7 Å². The second kappa shape index (κ2) is 8.20. The SMILES string of the molecule is CC(C)(CNC(=O)CCC(F)(F)C(F)(F)C(F)(F)C(F)(F)C(F)(F)C(F)(F)F)NO. The zero-order valence-electron chi connectivity index (χ0n) is 14.9. The number of halogens is 13. The average Bonchev–Trinajstić information content (AvgIpc) is 2.56. The highest BCUT2D eigenvalue weighted by atomic mass is 19.4. The summed E-state index contributed by atoms with van der Waals surface area (Å²) in [5, 5.41) is 10.4. The van der Waals surface area contributed by atoms with Crippen molar-refractivity contribution in [3.8, 4) is 0 Å². The fourth-order valence-corrected chi connectivity index (χ4v) is 1.68. The Labute approximate surface area is 159 Å². The van der Waals surface area contributed by atoms with Crippen LogP contribution in [0.25, 0.3) is 0 Å². The summed E-state index contributed by atoms with van der Waals surface area (Å²) in [7, 11) is 0. The number of carbonyl (C=O) groups is 1. The van der Waals surface area contributed by atoms with Crippen LogP contribution >= 0.6 is 0 Å². The zero-order valence-corrected chi connectivity index (χ0v) is 14.9. The van der Waals surface area contributed by atoms with E-state index in [9.17, 15) is 61.9 Å². The summed E-state index contributed by atoms with van der Waals surface area (Å²) < 4.78 is 168. The summed E-state index contributed by atoms with van der Waals surface area (Å²) in [5.74, 6) is -38.9. The van der Waals surface area contributed by atoms with Gasteiger partial charge < -0.3 is 10.5 Å². The molecule has 17 heteroatoms. The molecule has 0 aromatic rings. The van der Waals surface area contributed by atoms with Crippen LogP contribution in [0.5, 0.6) is 0 Å². The zero-order chi connectivity index (χ0) is 24.6. The Morgan fingerprint density at radius 1 is 0.733 bits per heavy atom. The Morgan fingerprint density at radius 2 is 1.13 bits per heavy atom. The van der Waals surface area contributed by atoms with E-state index in [1.165, 1.54) is 13.8 Å². The maximum atomic E-state index is 13.5. The summed E-state index contributed by atoms with van der Waals surface area (Å²) in [6, 6.07) is 0. The molecule has 0 aliphatic rings. The Kier molecular flexibility index (Phi) is 7.78. The van der Waals surface area contributed by atoms with E-state index in [4.69, 9.17) is 5.21 Å². The number of amides is 1. The molecule has 0 aromatic heterocycles. The van der Waals surface area contributed by atoms with Gasteiger partial charge in [0.1, 0.15) is 0 Å². The van der Waals surface area contributed by atoms with Crippen molar-refractivity contribution in [2.75, 3.05) is 6.54 Å². The Balaban J connectivity index is 5.63. The first-order chi connectivity index (χ1) is 12.9. The van der Waals surface area contributed by atoms with Gasteiger partial charge in [-0.15, -0.1) is 0 Å². The molecule has 0 aliphatic carbocycles. The van der Waals surface area contributed by atoms with E-state index >= 15 is 0 Å². The number of hydrogen-bond acceptors (Lipinski definition) is 3. The van der Waals surface area contributed by atoms with Crippen LogP contribution in [0, 0.1) is 0 Å². The van der Waals surface area contributed by atoms with Gasteiger partial charge in [-0.25, -0.2) is 0 Å². The number of nitrogens with one attached hydrogen (secondary N) is 2. The lowest BCUT2D eigenvalue weighted by Crippen LogP contribution is -2.70. The molecule has 180 valence electrons. The van der Waals surface area contributed by atoms with Crippen LogP contribution in [0.4, 0.5) is 57.1 Å². The molecule has 0 bridgehead atoms. The highest BCUT2D eigenvalue weighted by molar-refractivity contribution is 5.76. The van der Waals surface area contributed by atoms with Crippen LogP contribution in [0.3, 0.4) is 0 Å². The number of alkyl halides is 13. The standard InChI is InChI=1S/C13H15F13N2O2/c1-7(2,28-30)5-27-6(29)3-4-8(14,15)9(16,17)10(18,19)11(20,21)12(22,23)13(24,25)26/h28,30H,3-5H2,1-2H3,(H,27,29). The van der Waals surface area contributed by atoms with E-state index in [1.54, 1.807) is 10.8 Å². The minimum atomic E-state index is -7.97. The summed E-state index contributed by atoms with van der Waals surface area (Å²) in [4.78, 5) is 11.3. The molecule has 0 saturated carbocycles. The van der Waals surface area contributed by atoms with Gasteiger partial charge in [-0.1, -0.05) is 0 Å². The maximum Gasteiger partial charge on any atom is 0.460 e. The third kappa shape index (κ3) is 5.03. The van der Waals surface area contributed by atoms with Crippen LogP contribution in [0.15, 0.2) is 0 Å². The largest absolute Gasteiger partial charge is 0.460 e. The van der Waals surface area contributed by atoms with Gasteiger partial charge in [0.25, 0.3) is 0 Å². The molecule has 0 fully saturated rings. The quantitative estimate of drug-likeness (QED) is 0.323. The fourth-order valence-electron chi connectivity index (χ4n) is 1.68. The van der Waals surface area contributed by atoms with Crippen molar-refractivity contribution >= 4 is 5.91 Å². The molecule has 4 nitrogen and oxygen atoms in total. The van der Waals surface area contributed by atoms with E-state index in [1.807, 2.05) is 0 Å². The van der Waals surface area contributed by atoms with Gasteiger partial charge in [0, 0.05) is 19.4 Å². The van der Waals surface area contributed by atoms with Gasteiger partial charge >= 0.3 is 35.8 Å². The van der Waals surface area contributed by atoms with E-state index in [0.717, 1.165) is 0 Å². The maximum absolute atomic E-state index is 13.5. The second-order valence-electron chi connectivity index (χ2n) is 6.77. The first-order valence-corrected chi connectivity index (χ1v) is 7.55. The monoisotopic (exact) mass is 478 g/mol. The number of carbonyl (C=O) groups excluding carboxylic acids is 1. The molecule has 0 aliphatic heterocycles. The first-order valence-electron chi connectivity index (χ1n) is 7.55. The summed E-state index contributed by atoms with van der Waals surface area (Å²) >= 11 is 0. The Morgan fingerprint density at radius 3 is 1.50 bits per heavy atom. The number of hydroxylamine groups is 1. The Bertz CT molecular complexity index is 617. The second-order valence-corrected chi connectivity index (χ2v) is 6.77. The van der Waals surface area contributed by atoms with Gasteiger partial charge in [0.15, 0.2) is 0 Å². The molecule has 0 atom stereocenters. The van der Waals surface area contributed by atoms with Gasteiger partial charge in [-0.3, -0.25) is 4.79 Å². The van der Waals surface area contributed by atoms with Gasteiger partial charge in [0.2, 0.25) is 5.91 Å². The average molecular weight is 478 g/mol. The number of rotatable bonds is 10. The smallest absolute Gasteiger partial charge is 0.354 e. The van der Waals surface area contributed by atoms with Gasteiger partial charge in [0.05, 0.1) is 5.54 Å². The van der Waals surface area contributed by atoms with Crippen molar-refractivity contribution in [3.05, 3.63) is 0 Å². The molecule has 0 heterocycles.